The lowest BCUT2D eigenvalue weighted by atomic mass is 10.0. The number of carboxylic acids is 1. The van der Waals surface area contributed by atoms with Crippen LogP contribution >= 0.6 is 0 Å². The largest absolute Gasteiger partial charge is 0.481 e. The van der Waals surface area contributed by atoms with Crippen LogP contribution in [0.5, 0.6) is 0 Å². The molecule has 38 heteroatoms. The molecule has 688 valence electrons. The summed E-state index contributed by atoms with van der Waals surface area (Å²) in [5.41, 5.74) is 9.49. The number of aliphatic hydroxyl groups excluding tert-OH is 1. The summed E-state index contributed by atoms with van der Waals surface area (Å²) in [7, 11) is -3.71. The molecule has 0 unspecified atom stereocenters. The van der Waals surface area contributed by atoms with Crippen LogP contribution in [0.4, 0.5) is 5.69 Å². The second-order valence-corrected chi connectivity index (χ2v) is 28.1. The number of aliphatic hydroxyl groups is 1. The van der Waals surface area contributed by atoms with Crippen LogP contribution in [0.1, 0.15) is 38.2 Å². The van der Waals surface area contributed by atoms with Gasteiger partial charge in [0.1, 0.15) is 5.84 Å². The Morgan fingerprint density at radius 2 is 0.750 bits per heavy atom. The SMILES string of the molecule is CCCN(CC#CCNC(=O)CCOCCOCCOCCOCCOCCOCCOCCOCCOCCOCCOCCOCCOCCOCCOCCOCCOCCOCCOCCOCCOCCOCCOCCOCCOCCC(=O)O)C(=O)C1=Cc2ccc(-c3cccc(S(=O)(=O)N4CC(CO)C4)c3)cc2N=C(N)C1. The smallest absolute Gasteiger partial charge is 0.305 e. The zero-order valence-corrected chi connectivity index (χ0v) is 71.4. The topological polar surface area (TPSA) is 413 Å². The third kappa shape index (κ3) is 58.6. The van der Waals surface area contributed by atoms with Gasteiger partial charge in [-0.1, -0.05) is 43.0 Å². The molecule has 2 heterocycles. The van der Waals surface area contributed by atoms with Gasteiger partial charge in [-0.15, -0.1) is 0 Å². The minimum Gasteiger partial charge on any atom is -0.481 e. The Balaban J connectivity index is 0.752. The number of hydrogen-bond acceptors (Lipinski definition) is 33. The van der Waals surface area contributed by atoms with Crippen LogP contribution in [-0.4, -0.2) is 421 Å². The van der Waals surface area contributed by atoms with Crippen LogP contribution in [0.2, 0.25) is 0 Å². The number of nitrogens with two attached hydrogens (primary N) is 1. The quantitative estimate of drug-likeness (QED) is 0.0545. The van der Waals surface area contributed by atoms with Crippen LogP contribution in [0, 0.1) is 17.8 Å². The van der Waals surface area contributed by atoms with Crippen molar-refractivity contribution in [1.82, 2.24) is 14.5 Å². The lowest BCUT2D eigenvalue weighted by molar-refractivity contribution is -0.138. The summed E-state index contributed by atoms with van der Waals surface area (Å²) >= 11 is 0. The van der Waals surface area contributed by atoms with E-state index in [2.05, 4.69) is 22.2 Å². The fourth-order valence-electron chi connectivity index (χ4n) is 10.4. The Labute approximate surface area is 708 Å². The molecule has 1 saturated heterocycles. The molecule has 1 fully saturated rings. The number of aliphatic carboxylic acids is 1. The number of nitrogens with zero attached hydrogens (tertiary/aromatic N) is 3. The fourth-order valence-corrected chi connectivity index (χ4v) is 12.0. The van der Waals surface area contributed by atoms with Gasteiger partial charge >= 0.3 is 5.97 Å². The minimum atomic E-state index is -3.71. The number of amidine groups is 1. The van der Waals surface area contributed by atoms with Gasteiger partial charge in [0.25, 0.3) is 5.91 Å². The zero-order chi connectivity index (χ0) is 85.6. The fraction of sp³-hybridized carbons (Fsp3) is 0.756. The lowest BCUT2D eigenvalue weighted by Gasteiger charge is -2.36. The van der Waals surface area contributed by atoms with E-state index in [9.17, 15) is 27.9 Å². The van der Waals surface area contributed by atoms with E-state index in [4.69, 9.17) is 129 Å². The minimum absolute atomic E-state index is 0.0146. The molecule has 2 amide bonds. The van der Waals surface area contributed by atoms with Gasteiger partial charge in [0.05, 0.1) is 360 Å². The molecule has 0 saturated carbocycles. The maximum Gasteiger partial charge on any atom is 0.305 e. The maximum atomic E-state index is 13.9. The normalized spacial score (nSPS) is 13.1. The van der Waals surface area contributed by atoms with Crippen molar-refractivity contribution < 1.29 is 151 Å². The van der Waals surface area contributed by atoms with Crippen molar-refractivity contribution in [2.24, 2.45) is 16.6 Å². The van der Waals surface area contributed by atoms with E-state index in [1.807, 2.05) is 31.2 Å². The number of nitrogens with one attached hydrogen (secondary N) is 1. The Kier molecular flexibility index (Phi) is 68.6. The summed E-state index contributed by atoms with van der Waals surface area (Å²) in [6.07, 6.45) is 2.76. The van der Waals surface area contributed by atoms with Crippen molar-refractivity contribution in [1.29, 1.82) is 0 Å². The highest BCUT2D eigenvalue weighted by molar-refractivity contribution is 7.89. The van der Waals surface area contributed by atoms with Crippen molar-refractivity contribution in [2.45, 2.75) is 37.5 Å². The van der Waals surface area contributed by atoms with Crippen molar-refractivity contribution in [2.75, 3.05) is 370 Å². The maximum absolute atomic E-state index is 13.9. The van der Waals surface area contributed by atoms with Crippen molar-refractivity contribution in [3.63, 3.8) is 0 Å². The number of amides is 2. The molecule has 0 aromatic heterocycles. The highest BCUT2D eigenvalue weighted by Crippen LogP contribution is 2.34. The summed E-state index contributed by atoms with van der Waals surface area (Å²) in [6.45, 7) is 25.1. The Hall–Kier alpha value is -5.51. The summed E-state index contributed by atoms with van der Waals surface area (Å²) in [5, 5.41) is 20.7. The number of carbonyl (C=O) groups excluding carboxylic acids is 2. The summed E-state index contributed by atoms with van der Waals surface area (Å²) in [6, 6.07) is 12.2. The monoisotopic (exact) mass is 1740 g/mol. The molecule has 2 aliphatic rings. The van der Waals surface area contributed by atoms with E-state index in [1.165, 1.54) is 4.31 Å². The third-order valence-electron chi connectivity index (χ3n) is 16.7. The van der Waals surface area contributed by atoms with Gasteiger partial charge in [-0.25, -0.2) is 13.4 Å². The lowest BCUT2D eigenvalue weighted by Crippen LogP contribution is -2.51. The Bertz CT molecular complexity index is 3080. The second-order valence-electron chi connectivity index (χ2n) is 26.2. The summed E-state index contributed by atoms with van der Waals surface area (Å²) in [5.74, 6) is 4.84. The molecule has 120 heavy (non-hydrogen) atoms. The van der Waals surface area contributed by atoms with Crippen LogP contribution in [-0.2, 0) is 143 Å². The number of sulfonamides is 1. The van der Waals surface area contributed by atoms with Gasteiger partial charge in [-0.3, -0.25) is 14.4 Å². The first-order valence-electron chi connectivity index (χ1n) is 41.6. The number of carbonyl (C=O) groups is 3. The molecule has 37 nitrogen and oxygen atoms in total. The molecular formula is C82H137N5O32S. The highest BCUT2D eigenvalue weighted by Gasteiger charge is 2.36. The van der Waals surface area contributed by atoms with Crippen LogP contribution in [0.25, 0.3) is 17.2 Å². The third-order valence-corrected chi connectivity index (χ3v) is 18.5. The summed E-state index contributed by atoms with van der Waals surface area (Å²) in [4.78, 5) is 43.1. The Morgan fingerprint density at radius 1 is 0.442 bits per heavy atom. The predicted octanol–water partition coefficient (Wildman–Crippen LogP) is 2.38. The van der Waals surface area contributed by atoms with Gasteiger partial charge in [-0.05, 0) is 41.8 Å². The second kappa shape index (κ2) is 77.1. The average molecular weight is 1740 g/mol. The van der Waals surface area contributed by atoms with Gasteiger partial charge in [0, 0.05) is 56.1 Å². The van der Waals surface area contributed by atoms with Crippen molar-refractivity contribution in [3.8, 4) is 23.0 Å². The predicted molar refractivity (Wildman–Crippen MR) is 440 cm³/mol. The molecule has 0 aliphatic carbocycles. The molecule has 0 bridgehead atoms. The van der Waals surface area contributed by atoms with E-state index in [0.29, 0.717) is 352 Å². The van der Waals surface area contributed by atoms with Crippen molar-refractivity contribution >= 4 is 45.4 Å². The molecule has 4 rings (SSSR count). The molecule has 0 spiro atoms. The number of rotatable bonds is 87. The number of benzene rings is 2. The van der Waals surface area contributed by atoms with E-state index < -0.39 is 16.0 Å². The molecule has 2 aromatic rings. The van der Waals surface area contributed by atoms with Gasteiger partial charge in [-0.2, -0.15) is 4.31 Å². The van der Waals surface area contributed by atoms with E-state index in [1.54, 1.807) is 29.2 Å². The number of hydrogen-bond donors (Lipinski definition) is 4. The molecule has 0 radical (unpaired) electrons. The molecule has 2 aliphatic heterocycles. The van der Waals surface area contributed by atoms with Crippen LogP contribution in [0.15, 0.2) is 57.9 Å². The number of ether oxygens (including phenoxy) is 25. The van der Waals surface area contributed by atoms with Gasteiger partial charge < -0.3 is 145 Å². The first-order chi connectivity index (χ1) is 59.0. The highest BCUT2D eigenvalue weighted by atomic mass is 32.2. The first-order valence-corrected chi connectivity index (χ1v) is 43.0. The van der Waals surface area contributed by atoms with E-state index in [0.717, 1.165) is 5.56 Å². The van der Waals surface area contributed by atoms with Gasteiger partial charge in [0.2, 0.25) is 15.9 Å². The van der Waals surface area contributed by atoms with E-state index in [-0.39, 0.29) is 93.7 Å². The number of carboxylic acid groups (broad SMARTS) is 1. The zero-order valence-electron chi connectivity index (χ0n) is 70.6. The molecule has 2 aromatic carbocycles. The van der Waals surface area contributed by atoms with Crippen LogP contribution < -0.4 is 11.1 Å². The van der Waals surface area contributed by atoms with Gasteiger partial charge in [0.15, 0.2) is 0 Å². The molecule has 5 N–H and O–H groups in total. The number of aliphatic imine (C=N–C) groups is 1. The van der Waals surface area contributed by atoms with Crippen molar-refractivity contribution in [3.05, 3.63) is 53.6 Å². The standard InChI is InChI=1S/C82H137N5O32S/c1-2-13-86(82(92)76-65-75-9-8-74(67-78(75)85-79(83)68-76)73-6-5-7-77(66-73)120(93,94)87-69-72(70-87)71-88)14-4-3-12-84-80(89)10-15-95-17-19-97-21-23-99-25-27-101-29-31-103-33-35-105-37-39-107-41-43-109-45-47-111-49-51-113-53-55-115-57-59-117-61-63-119-64-62-118-60-58-116-56-54-114-52-50-112-48-46-110-44-42-108-40-38-106-36-34-104-32-30-102-28-26-100-24-22-98-20-18-96-16-11-81(90)91/h5-9,65-67,72,88H,2,10-64,68-71H2,1H3,(H2,83,85)(H,84,89)(H,90,91). The van der Waals surface area contributed by atoms with E-state index >= 15 is 0 Å². The van der Waals surface area contributed by atoms with Crippen LogP contribution in [0.3, 0.4) is 0 Å². The first kappa shape index (κ1) is 107. The molecule has 0 atom stereocenters. The Morgan fingerprint density at radius 3 is 1.06 bits per heavy atom. The summed E-state index contributed by atoms with van der Waals surface area (Å²) < 4.78 is 165. The molecular weight excluding hydrogens is 1600 g/mol. The number of fused-ring (bicyclic) bond motifs is 1. The average Bonchev–Trinajstić information content (AvgIpc) is 0.886.